The third-order valence-electron chi connectivity index (χ3n) is 10.6. The van der Waals surface area contributed by atoms with Crippen molar-refractivity contribution >= 4 is 54.4 Å². The summed E-state index contributed by atoms with van der Waals surface area (Å²) in [5, 5.41) is 6.91. The van der Waals surface area contributed by atoms with E-state index in [0.717, 1.165) is 106 Å². The highest BCUT2D eigenvalue weighted by Gasteiger charge is 2.32. The Balaban J connectivity index is 0.988. The predicted molar refractivity (Wildman–Crippen MR) is 205 cm³/mol. The van der Waals surface area contributed by atoms with Gasteiger partial charge in [0.25, 0.3) is 0 Å². The van der Waals surface area contributed by atoms with Gasteiger partial charge in [-0.3, -0.25) is 9.55 Å². The number of nitrogens with zero attached hydrogens (tertiary/aromatic N) is 3. The van der Waals surface area contributed by atoms with Gasteiger partial charge in [-0.05, 0) is 75.5 Å². The van der Waals surface area contributed by atoms with Crippen molar-refractivity contribution in [1.82, 2.24) is 14.5 Å². The SMILES string of the molecule is c1cc(-c2cccc(-c3cnc4c5ccccc5c5ccccc5c4n3)c2)cc(-c2cc3c4c(c2)c2cccc5c2n4-c2c(cccc2O3)O5)c1. The van der Waals surface area contributed by atoms with Crippen LogP contribution in [0.4, 0.5) is 0 Å². The van der Waals surface area contributed by atoms with Crippen molar-refractivity contribution in [2.45, 2.75) is 0 Å². The van der Waals surface area contributed by atoms with Crippen LogP contribution in [0.3, 0.4) is 0 Å². The molecule has 0 radical (unpaired) electrons. The fraction of sp³-hybridized carbons (Fsp3) is 0. The molecular weight excluding hydrogens is 627 g/mol. The minimum absolute atomic E-state index is 0.800. The molecule has 2 aliphatic rings. The summed E-state index contributed by atoms with van der Waals surface area (Å²) in [7, 11) is 0. The van der Waals surface area contributed by atoms with Crippen molar-refractivity contribution in [3.8, 4) is 62.2 Å². The van der Waals surface area contributed by atoms with Crippen molar-refractivity contribution in [1.29, 1.82) is 0 Å². The van der Waals surface area contributed by atoms with Gasteiger partial charge in [0.1, 0.15) is 5.69 Å². The van der Waals surface area contributed by atoms with E-state index in [1.54, 1.807) is 0 Å². The Bertz CT molecular complexity index is 3120. The molecule has 5 heteroatoms. The maximum Gasteiger partial charge on any atom is 0.155 e. The number of rotatable bonds is 3. The van der Waals surface area contributed by atoms with Crippen LogP contribution in [-0.4, -0.2) is 14.5 Å². The largest absolute Gasteiger partial charge is 0.453 e. The standard InChI is InChI=1S/C46H25N3O2/c1-3-15-33-31(13-1)32-14-2-4-16-34(32)43-42(33)47-25-37(48-43)29-12-6-10-27(22-29)26-9-5-11-28(21-26)30-23-36-35-17-7-18-38-44(35)49-45(36)41(24-30)51-40-20-8-19-39(50-38)46(40)49/h1-25H. The van der Waals surface area contributed by atoms with Gasteiger partial charge in [0.2, 0.25) is 0 Å². The fourth-order valence-electron chi connectivity index (χ4n) is 8.30. The second kappa shape index (κ2) is 9.80. The molecule has 12 rings (SSSR count). The summed E-state index contributed by atoms with van der Waals surface area (Å²) in [6, 6.07) is 51.0. The lowest BCUT2D eigenvalue weighted by Gasteiger charge is -2.27. The monoisotopic (exact) mass is 651 g/mol. The predicted octanol–water partition coefficient (Wildman–Crippen LogP) is 12.2. The van der Waals surface area contributed by atoms with Crippen molar-refractivity contribution in [3.05, 3.63) is 152 Å². The van der Waals surface area contributed by atoms with Gasteiger partial charge in [-0.25, -0.2) is 4.98 Å². The first-order chi connectivity index (χ1) is 25.3. The van der Waals surface area contributed by atoms with E-state index in [4.69, 9.17) is 19.4 Å². The van der Waals surface area contributed by atoms with Crippen LogP contribution in [-0.2, 0) is 0 Å². The molecule has 236 valence electrons. The molecule has 2 aromatic heterocycles. The summed E-state index contributed by atoms with van der Waals surface area (Å²) >= 11 is 0. The van der Waals surface area contributed by atoms with Crippen LogP contribution in [0.15, 0.2) is 152 Å². The molecule has 0 fully saturated rings. The Hall–Kier alpha value is -6.98. The van der Waals surface area contributed by atoms with Gasteiger partial charge in [-0.15, -0.1) is 0 Å². The van der Waals surface area contributed by atoms with Gasteiger partial charge in [0.05, 0.1) is 34.0 Å². The summed E-state index contributed by atoms with van der Waals surface area (Å²) in [6.45, 7) is 0. The van der Waals surface area contributed by atoms with Crippen molar-refractivity contribution in [2.75, 3.05) is 0 Å². The zero-order valence-electron chi connectivity index (χ0n) is 27.1. The molecule has 0 saturated carbocycles. The Labute approximate surface area is 291 Å². The number of aromatic nitrogens is 3. The van der Waals surface area contributed by atoms with Crippen molar-refractivity contribution in [2.24, 2.45) is 0 Å². The fourth-order valence-corrected chi connectivity index (χ4v) is 8.30. The minimum atomic E-state index is 0.800. The molecule has 0 saturated heterocycles. The zero-order valence-corrected chi connectivity index (χ0v) is 27.1. The average molecular weight is 652 g/mol. The van der Waals surface area contributed by atoms with Gasteiger partial charge in [-0.2, -0.15) is 0 Å². The second-order valence-electron chi connectivity index (χ2n) is 13.4. The quantitative estimate of drug-likeness (QED) is 0.178. The highest BCUT2D eigenvalue weighted by atomic mass is 16.5. The molecule has 0 N–H and O–H groups in total. The van der Waals surface area contributed by atoms with Crippen LogP contribution in [0.5, 0.6) is 23.0 Å². The van der Waals surface area contributed by atoms with Gasteiger partial charge in [-0.1, -0.05) is 103 Å². The van der Waals surface area contributed by atoms with Crippen LogP contribution < -0.4 is 9.47 Å². The summed E-state index contributed by atoms with van der Waals surface area (Å²) in [5.41, 5.74) is 11.3. The van der Waals surface area contributed by atoms with E-state index in [0.29, 0.717) is 0 Å². The lowest BCUT2D eigenvalue weighted by atomic mass is 9.96. The molecule has 5 nitrogen and oxygen atoms in total. The van der Waals surface area contributed by atoms with Crippen LogP contribution >= 0.6 is 0 Å². The van der Waals surface area contributed by atoms with E-state index in [-0.39, 0.29) is 0 Å². The summed E-state index contributed by atoms with van der Waals surface area (Å²) < 4.78 is 15.3. The maximum absolute atomic E-state index is 6.60. The van der Waals surface area contributed by atoms with Gasteiger partial charge in [0.15, 0.2) is 23.0 Å². The number of benzene rings is 8. The zero-order chi connectivity index (χ0) is 33.2. The number of hydrogen-bond acceptors (Lipinski definition) is 4. The maximum atomic E-state index is 6.60. The highest BCUT2D eigenvalue weighted by Crippen LogP contribution is 2.54. The highest BCUT2D eigenvalue weighted by molar-refractivity contribution is 6.23. The van der Waals surface area contributed by atoms with Crippen LogP contribution in [0.1, 0.15) is 0 Å². The number of hydrogen-bond donors (Lipinski definition) is 0. The molecule has 8 aromatic carbocycles. The molecule has 0 amide bonds. The first-order valence-electron chi connectivity index (χ1n) is 17.1. The molecule has 0 aliphatic carbocycles. The molecule has 4 heterocycles. The smallest absolute Gasteiger partial charge is 0.155 e. The van der Waals surface area contributed by atoms with Crippen LogP contribution in [0, 0.1) is 0 Å². The Morgan fingerprint density at radius 2 is 0.941 bits per heavy atom. The van der Waals surface area contributed by atoms with Gasteiger partial charge in [0, 0.05) is 27.1 Å². The summed E-state index contributed by atoms with van der Waals surface area (Å²) in [4.78, 5) is 10.2. The molecule has 10 aromatic rings. The summed E-state index contributed by atoms with van der Waals surface area (Å²) in [5.74, 6) is 3.32. The van der Waals surface area contributed by atoms with E-state index in [1.165, 1.54) is 10.8 Å². The van der Waals surface area contributed by atoms with E-state index < -0.39 is 0 Å². The number of ether oxygens (including phenoxy) is 2. The molecule has 2 aliphatic heterocycles. The first-order valence-corrected chi connectivity index (χ1v) is 17.1. The van der Waals surface area contributed by atoms with E-state index in [1.807, 2.05) is 30.5 Å². The Kier molecular flexibility index (Phi) is 5.17. The molecule has 0 unspecified atom stereocenters. The van der Waals surface area contributed by atoms with E-state index >= 15 is 0 Å². The van der Waals surface area contributed by atoms with Crippen molar-refractivity contribution in [3.63, 3.8) is 0 Å². The number of fused-ring (bicyclic) bond motifs is 7. The molecule has 51 heavy (non-hydrogen) atoms. The lowest BCUT2D eigenvalue weighted by Crippen LogP contribution is -2.09. The number of para-hydroxylation sites is 2. The third kappa shape index (κ3) is 3.69. The Morgan fingerprint density at radius 3 is 1.71 bits per heavy atom. The van der Waals surface area contributed by atoms with Crippen LogP contribution in [0.25, 0.3) is 93.6 Å². The van der Waals surface area contributed by atoms with Gasteiger partial charge >= 0.3 is 0 Å². The van der Waals surface area contributed by atoms with Gasteiger partial charge < -0.3 is 9.47 Å². The Morgan fingerprint density at radius 1 is 0.392 bits per heavy atom. The normalized spacial score (nSPS) is 12.6. The molecular formula is C46H25N3O2. The average Bonchev–Trinajstić information content (AvgIpc) is 3.54. The van der Waals surface area contributed by atoms with E-state index in [9.17, 15) is 0 Å². The van der Waals surface area contributed by atoms with Crippen molar-refractivity contribution < 1.29 is 9.47 Å². The topological polar surface area (TPSA) is 49.2 Å². The summed E-state index contributed by atoms with van der Waals surface area (Å²) in [6.07, 6.45) is 1.91. The lowest BCUT2D eigenvalue weighted by molar-refractivity contribution is 0.444. The van der Waals surface area contributed by atoms with E-state index in [2.05, 4.69) is 126 Å². The molecule has 0 spiro atoms. The second-order valence-corrected chi connectivity index (χ2v) is 13.4. The molecule has 0 atom stereocenters. The third-order valence-corrected chi connectivity index (χ3v) is 10.6. The van der Waals surface area contributed by atoms with Crippen LogP contribution in [0.2, 0.25) is 0 Å². The first kappa shape index (κ1) is 26.9. The minimum Gasteiger partial charge on any atom is -0.453 e. The molecule has 0 bridgehead atoms.